The van der Waals surface area contributed by atoms with Crippen molar-refractivity contribution in [3.05, 3.63) is 18.1 Å². The summed E-state index contributed by atoms with van der Waals surface area (Å²) < 4.78 is 0. The van der Waals surface area contributed by atoms with E-state index in [1.807, 2.05) is 6.92 Å². The van der Waals surface area contributed by atoms with Crippen LogP contribution in [0.2, 0.25) is 0 Å². The molecule has 2 unspecified atom stereocenters. The fraction of sp³-hybridized carbons (Fsp3) is 0.636. The lowest BCUT2D eigenvalue weighted by molar-refractivity contribution is 0.136. The molecule has 0 aromatic carbocycles. The Morgan fingerprint density at radius 1 is 1.50 bits per heavy atom. The summed E-state index contributed by atoms with van der Waals surface area (Å²) in [6.45, 7) is 3.48. The maximum absolute atomic E-state index is 9.50. The highest BCUT2D eigenvalue weighted by Gasteiger charge is 2.26. The maximum atomic E-state index is 9.50. The van der Waals surface area contributed by atoms with E-state index >= 15 is 0 Å². The highest BCUT2D eigenvalue weighted by molar-refractivity contribution is 5.37. The molecule has 1 aromatic rings. The number of hydrogen-bond acceptors (Lipinski definition) is 5. The van der Waals surface area contributed by atoms with E-state index in [1.165, 1.54) is 0 Å². The molecular weight excluding hydrogens is 206 g/mol. The van der Waals surface area contributed by atoms with E-state index < -0.39 is 0 Å². The second kappa shape index (κ2) is 4.76. The first-order valence-electron chi connectivity index (χ1n) is 5.55. The number of anilines is 1. The first-order valence-corrected chi connectivity index (χ1v) is 5.55. The summed E-state index contributed by atoms with van der Waals surface area (Å²) in [6.07, 6.45) is 3.98. The zero-order valence-electron chi connectivity index (χ0n) is 9.37. The van der Waals surface area contributed by atoms with E-state index in [0.29, 0.717) is 11.6 Å². The van der Waals surface area contributed by atoms with Gasteiger partial charge in [-0.15, -0.1) is 0 Å². The van der Waals surface area contributed by atoms with E-state index in [1.54, 1.807) is 12.4 Å². The van der Waals surface area contributed by atoms with Crippen molar-refractivity contribution < 1.29 is 10.2 Å². The van der Waals surface area contributed by atoms with Crippen LogP contribution < -0.4 is 4.90 Å². The average Bonchev–Trinajstić information content (AvgIpc) is 2.78. The van der Waals surface area contributed by atoms with Gasteiger partial charge in [0.2, 0.25) is 0 Å². The SMILES string of the molecule is CC(O)C1CCN(c2cnc(CO)cn2)C1. The third-order valence-corrected chi connectivity index (χ3v) is 3.08. The van der Waals surface area contributed by atoms with E-state index in [0.717, 1.165) is 25.3 Å². The standard InChI is InChI=1S/C11H17N3O2/c1-8(16)9-2-3-14(6-9)11-5-12-10(7-15)4-13-11/h4-5,8-9,15-16H,2-3,6-7H2,1H3. The molecule has 0 saturated carbocycles. The van der Waals surface area contributed by atoms with E-state index in [2.05, 4.69) is 14.9 Å². The summed E-state index contributed by atoms with van der Waals surface area (Å²) in [5.41, 5.74) is 0.579. The molecule has 2 rings (SSSR count). The molecule has 2 atom stereocenters. The molecule has 1 aromatic heterocycles. The van der Waals surface area contributed by atoms with Gasteiger partial charge in [-0.05, 0) is 13.3 Å². The minimum atomic E-state index is -0.269. The first kappa shape index (κ1) is 11.3. The zero-order valence-corrected chi connectivity index (χ0v) is 9.37. The van der Waals surface area contributed by atoms with Crippen LogP contribution in [0.25, 0.3) is 0 Å². The van der Waals surface area contributed by atoms with Crippen molar-refractivity contribution in [2.24, 2.45) is 5.92 Å². The summed E-state index contributed by atoms with van der Waals surface area (Å²) in [6, 6.07) is 0. The van der Waals surface area contributed by atoms with Crippen LogP contribution in [0.5, 0.6) is 0 Å². The van der Waals surface area contributed by atoms with E-state index in [4.69, 9.17) is 5.11 Å². The number of aliphatic hydroxyl groups is 2. The Morgan fingerprint density at radius 3 is 2.81 bits per heavy atom. The zero-order chi connectivity index (χ0) is 11.5. The molecule has 88 valence electrons. The minimum absolute atomic E-state index is 0.0798. The molecular formula is C11H17N3O2. The van der Waals surface area contributed by atoms with Crippen molar-refractivity contribution in [1.82, 2.24) is 9.97 Å². The first-order chi connectivity index (χ1) is 7.70. The maximum Gasteiger partial charge on any atom is 0.147 e. The lowest BCUT2D eigenvalue weighted by atomic mass is 10.0. The van der Waals surface area contributed by atoms with Gasteiger partial charge in [0.25, 0.3) is 0 Å². The minimum Gasteiger partial charge on any atom is -0.393 e. The summed E-state index contributed by atoms with van der Waals surface area (Å²) in [4.78, 5) is 10.5. The van der Waals surface area contributed by atoms with Crippen LogP contribution in [-0.4, -0.2) is 39.4 Å². The van der Waals surface area contributed by atoms with Crippen LogP contribution in [0.1, 0.15) is 19.0 Å². The molecule has 2 N–H and O–H groups in total. The van der Waals surface area contributed by atoms with Crippen molar-refractivity contribution in [3.8, 4) is 0 Å². The van der Waals surface area contributed by atoms with Crippen LogP contribution in [0.3, 0.4) is 0 Å². The van der Waals surface area contributed by atoms with Gasteiger partial charge in [0.05, 0.1) is 30.8 Å². The number of hydrogen-bond donors (Lipinski definition) is 2. The monoisotopic (exact) mass is 223 g/mol. The molecule has 5 heteroatoms. The fourth-order valence-electron chi connectivity index (χ4n) is 1.98. The van der Waals surface area contributed by atoms with Crippen LogP contribution >= 0.6 is 0 Å². The predicted octanol–water partition coefficient (Wildman–Crippen LogP) is 0.176. The third-order valence-electron chi connectivity index (χ3n) is 3.08. The van der Waals surface area contributed by atoms with Gasteiger partial charge >= 0.3 is 0 Å². The van der Waals surface area contributed by atoms with Gasteiger partial charge in [0.15, 0.2) is 0 Å². The lowest BCUT2D eigenvalue weighted by Gasteiger charge is -2.18. The van der Waals surface area contributed by atoms with Crippen LogP contribution in [0.15, 0.2) is 12.4 Å². The second-order valence-electron chi connectivity index (χ2n) is 4.26. The van der Waals surface area contributed by atoms with Gasteiger partial charge in [0, 0.05) is 19.0 Å². The normalized spacial score (nSPS) is 22.4. The molecule has 0 amide bonds. The Bertz CT molecular complexity index is 340. The average molecular weight is 223 g/mol. The van der Waals surface area contributed by atoms with Gasteiger partial charge in [0.1, 0.15) is 5.82 Å². The molecule has 0 aliphatic carbocycles. The van der Waals surface area contributed by atoms with Crippen molar-refractivity contribution in [1.29, 1.82) is 0 Å². The van der Waals surface area contributed by atoms with Crippen LogP contribution in [0, 0.1) is 5.92 Å². The van der Waals surface area contributed by atoms with Gasteiger partial charge in [-0.25, -0.2) is 4.98 Å². The van der Waals surface area contributed by atoms with E-state index in [-0.39, 0.29) is 12.7 Å². The topological polar surface area (TPSA) is 69.5 Å². The Kier molecular flexibility index (Phi) is 3.36. The molecule has 2 heterocycles. The van der Waals surface area contributed by atoms with E-state index in [9.17, 15) is 5.11 Å². The quantitative estimate of drug-likeness (QED) is 0.764. The number of aliphatic hydroxyl groups excluding tert-OH is 2. The number of rotatable bonds is 3. The highest BCUT2D eigenvalue weighted by atomic mass is 16.3. The molecule has 0 spiro atoms. The summed E-state index contributed by atoms with van der Waals surface area (Å²) in [5, 5.41) is 18.4. The molecule has 1 fully saturated rings. The van der Waals surface area contributed by atoms with Gasteiger partial charge < -0.3 is 15.1 Å². The molecule has 1 aliphatic heterocycles. The second-order valence-corrected chi connectivity index (χ2v) is 4.26. The Hall–Kier alpha value is -1.20. The predicted molar refractivity (Wildman–Crippen MR) is 60.0 cm³/mol. The third kappa shape index (κ3) is 2.31. The molecule has 1 saturated heterocycles. The van der Waals surface area contributed by atoms with Crippen LogP contribution in [-0.2, 0) is 6.61 Å². The van der Waals surface area contributed by atoms with Crippen molar-refractivity contribution in [2.75, 3.05) is 18.0 Å². The number of aromatic nitrogens is 2. The summed E-state index contributed by atoms with van der Waals surface area (Å²) in [7, 11) is 0. The molecule has 0 bridgehead atoms. The molecule has 5 nitrogen and oxygen atoms in total. The smallest absolute Gasteiger partial charge is 0.147 e. The fourth-order valence-corrected chi connectivity index (χ4v) is 1.98. The summed E-state index contributed by atoms with van der Waals surface area (Å²) >= 11 is 0. The molecule has 16 heavy (non-hydrogen) atoms. The van der Waals surface area contributed by atoms with Gasteiger partial charge in [-0.2, -0.15) is 0 Å². The highest BCUT2D eigenvalue weighted by Crippen LogP contribution is 2.23. The molecule has 1 aliphatic rings. The largest absolute Gasteiger partial charge is 0.393 e. The Labute approximate surface area is 94.8 Å². The summed E-state index contributed by atoms with van der Waals surface area (Å²) in [5.74, 6) is 1.14. The van der Waals surface area contributed by atoms with Gasteiger partial charge in [-0.3, -0.25) is 4.98 Å². The lowest BCUT2D eigenvalue weighted by Crippen LogP contribution is -2.24. The Morgan fingerprint density at radius 2 is 2.31 bits per heavy atom. The number of nitrogens with zero attached hydrogens (tertiary/aromatic N) is 3. The van der Waals surface area contributed by atoms with Crippen LogP contribution in [0.4, 0.5) is 5.82 Å². The molecule has 0 radical (unpaired) electrons. The van der Waals surface area contributed by atoms with Crippen molar-refractivity contribution >= 4 is 5.82 Å². The van der Waals surface area contributed by atoms with Crippen molar-refractivity contribution in [2.45, 2.75) is 26.1 Å². The Balaban J connectivity index is 2.03. The van der Waals surface area contributed by atoms with Crippen molar-refractivity contribution in [3.63, 3.8) is 0 Å². The van der Waals surface area contributed by atoms with Gasteiger partial charge in [-0.1, -0.05) is 0 Å².